The fourth-order valence-corrected chi connectivity index (χ4v) is 1.83. The molecule has 1 aromatic heterocycles. The maximum atomic E-state index is 12.8. The first kappa shape index (κ1) is 11.1. The zero-order chi connectivity index (χ0) is 11.7. The fraction of sp³-hybridized carbons (Fsp3) is 0.154. The third-order valence-corrected chi connectivity index (χ3v) is 2.85. The normalized spacial score (nSPS) is 10.5. The smallest absolute Gasteiger partial charge is 0.123 e. The van der Waals surface area contributed by atoms with Gasteiger partial charge in [0.1, 0.15) is 5.82 Å². The van der Waals surface area contributed by atoms with E-state index < -0.39 is 0 Å². The van der Waals surface area contributed by atoms with Gasteiger partial charge in [-0.05, 0) is 49.7 Å². The van der Waals surface area contributed by atoms with Gasteiger partial charge in [-0.15, -0.1) is 0 Å². The lowest BCUT2D eigenvalue weighted by atomic mass is 10.1. The van der Waals surface area contributed by atoms with Gasteiger partial charge >= 0.3 is 0 Å². The molecule has 0 amide bonds. The molecule has 82 valence electrons. The van der Waals surface area contributed by atoms with E-state index in [1.54, 1.807) is 12.1 Å². The highest BCUT2D eigenvalue weighted by atomic mass is 35.5. The molecule has 0 aliphatic carbocycles. The Labute approximate surface area is 98.9 Å². The van der Waals surface area contributed by atoms with Gasteiger partial charge in [-0.2, -0.15) is 0 Å². The molecule has 0 atom stereocenters. The molecule has 0 saturated heterocycles. The van der Waals surface area contributed by atoms with Gasteiger partial charge in [0, 0.05) is 16.3 Å². The summed E-state index contributed by atoms with van der Waals surface area (Å²) in [6, 6.07) is 8.09. The quantitative estimate of drug-likeness (QED) is 0.723. The highest BCUT2D eigenvalue weighted by Crippen LogP contribution is 2.27. The number of pyridine rings is 1. The van der Waals surface area contributed by atoms with E-state index in [1.807, 2.05) is 19.9 Å². The minimum Gasteiger partial charge on any atom is -0.253 e. The Bertz CT molecular complexity index is 520. The van der Waals surface area contributed by atoms with Crippen molar-refractivity contribution in [1.29, 1.82) is 0 Å². The average molecular weight is 236 g/mol. The Hall–Kier alpha value is -1.41. The lowest BCUT2D eigenvalue weighted by Gasteiger charge is -2.08. The van der Waals surface area contributed by atoms with Crippen LogP contribution in [-0.2, 0) is 0 Å². The molecule has 0 unspecified atom stereocenters. The molecular weight excluding hydrogens is 225 g/mol. The van der Waals surface area contributed by atoms with Gasteiger partial charge in [0.25, 0.3) is 0 Å². The minimum absolute atomic E-state index is 0.250. The molecule has 0 spiro atoms. The maximum absolute atomic E-state index is 12.8. The van der Waals surface area contributed by atoms with Crippen molar-refractivity contribution in [3.63, 3.8) is 0 Å². The molecule has 0 radical (unpaired) electrons. The number of benzene rings is 1. The molecule has 2 rings (SSSR count). The van der Waals surface area contributed by atoms with Crippen LogP contribution >= 0.6 is 11.6 Å². The summed E-state index contributed by atoms with van der Waals surface area (Å²) in [6.45, 7) is 3.80. The van der Waals surface area contributed by atoms with Crippen molar-refractivity contribution < 1.29 is 4.39 Å². The number of rotatable bonds is 1. The number of halogens is 2. The van der Waals surface area contributed by atoms with Crippen LogP contribution in [-0.4, -0.2) is 4.98 Å². The second kappa shape index (κ2) is 4.22. The largest absolute Gasteiger partial charge is 0.253 e. The van der Waals surface area contributed by atoms with E-state index in [2.05, 4.69) is 4.98 Å². The second-order valence-corrected chi connectivity index (χ2v) is 4.13. The molecule has 1 aromatic carbocycles. The second-order valence-electron chi connectivity index (χ2n) is 3.73. The van der Waals surface area contributed by atoms with Crippen LogP contribution < -0.4 is 0 Å². The predicted octanol–water partition coefficient (Wildman–Crippen LogP) is 4.16. The molecular formula is C13H11ClFN. The monoisotopic (exact) mass is 235 g/mol. The Kier molecular flexibility index (Phi) is 2.92. The number of aryl methyl sites for hydroxylation is 1. The van der Waals surface area contributed by atoms with E-state index in [9.17, 15) is 4.39 Å². The van der Waals surface area contributed by atoms with Gasteiger partial charge in [-0.1, -0.05) is 11.6 Å². The van der Waals surface area contributed by atoms with E-state index in [4.69, 9.17) is 11.6 Å². The number of nitrogens with zero attached hydrogens (tertiary/aromatic N) is 1. The van der Waals surface area contributed by atoms with Gasteiger partial charge in [0.15, 0.2) is 0 Å². The van der Waals surface area contributed by atoms with Crippen molar-refractivity contribution >= 4 is 11.6 Å². The fourth-order valence-electron chi connectivity index (χ4n) is 1.59. The molecule has 0 aliphatic heterocycles. The Morgan fingerprint density at radius 2 is 1.75 bits per heavy atom. The Morgan fingerprint density at radius 3 is 2.38 bits per heavy atom. The lowest BCUT2D eigenvalue weighted by molar-refractivity contribution is 0.628. The van der Waals surface area contributed by atoms with Crippen molar-refractivity contribution in [2.75, 3.05) is 0 Å². The number of aromatic nitrogens is 1. The van der Waals surface area contributed by atoms with Crippen LogP contribution in [0, 0.1) is 19.7 Å². The molecule has 3 heteroatoms. The molecule has 0 fully saturated rings. The van der Waals surface area contributed by atoms with Crippen LogP contribution in [0.15, 0.2) is 30.3 Å². The summed E-state index contributed by atoms with van der Waals surface area (Å²) in [5.41, 5.74) is 3.46. The Balaban J connectivity index is 2.59. The SMILES string of the molecule is Cc1cc(Cl)c(C)c(-c2ccc(F)cc2)n1. The Morgan fingerprint density at radius 1 is 1.12 bits per heavy atom. The van der Waals surface area contributed by atoms with Crippen molar-refractivity contribution in [2.45, 2.75) is 13.8 Å². The standard InChI is InChI=1S/C13H11ClFN/c1-8-7-12(14)9(2)13(16-8)10-3-5-11(15)6-4-10/h3-7H,1-2H3. The first-order valence-corrected chi connectivity index (χ1v) is 5.35. The molecule has 0 aliphatic rings. The summed E-state index contributed by atoms with van der Waals surface area (Å²) in [4.78, 5) is 4.43. The van der Waals surface area contributed by atoms with Crippen LogP contribution in [0.4, 0.5) is 4.39 Å². The first-order valence-electron chi connectivity index (χ1n) is 4.97. The minimum atomic E-state index is -0.250. The summed E-state index contributed by atoms with van der Waals surface area (Å²) in [6.07, 6.45) is 0. The summed E-state index contributed by atoms with van der Waals surface area (Å²) < 4.78 is 12.8. The van der Waals surface area contributed by atoms with Gasteiger partial charge < -0.3 is 0 Å². The van der Waals surface area contributed by atoms with E-state index >= 15 is 0 Å². The highest BCUT2D eigenvalue weighted by molar-refractivity contribution is 6.31. The molecule has 2 aromatic rings. The molecule has 1 heterocycles. The zero-order valence-corrected chi connectivity index (χ0v) is 9.85. The summed E-state index contributed by atoms with van der Waals surface area (Å²) in [5.74, 6) is -0.250. The predicted molar refractivity (Wildman–Crippen MR) is 64.1 cm³/mol. The molecule has 0 N–H and O–H groups in total. The molecule has 0 saturated carbocycles. The van der Waals surface area contributed by atoms with Gasteiger partial charge in [-0.25, -0.2) is 4.39 Å². The van der Waals surface area contributed by atoms with Crippen LogP contribution in [0.25, 0.3) is 11.3 Å². The van der Waals surface area contributed by atoms with Crippen molar-refractivity contribution in [3.05, 3.63) is 52.4 Å². The van der Waals surface area contributed by atoms with Crippen molar-refractivity contribution in [2.24, 2.45) is 0 Å². The first-order chi connectivity index (χ1) is 7.58. The molecule has 1 nitrogen and oxygen atoms in total. The van der Waals surface area contributed by atoms with Gasteiger partial charge in [0.05, 0.1) is 5.69 Å². The summed E-state index contributed by atoms with van der Waals surface area (Å²) >= 11 is 6.09. The number of hydrogen-bond acceptors (Lipinski definition) is 1. The van der Waals surface area contributed by atoms with Crippen molar-refractivity contribution in [3.8, 4) is 11.3 Å². The van der Waals surface area contributed by atoms with E-state index in [0.29, 0.717) is 5.02 Å². The summed E-state index contributed by atoms with van der Waals surface area (Å²) in [7, 11) is 0. The van der Waals surface area contributed by atoms with Crippen LogP contribution in [0.5, 0.6) is 0 Å². The topological polar surface area (TPSA) is 12.9 Å². The van der Waals surface area contributed by atoms with E-state index in [-0.39, 0.29) is 5.82 Å². The van der Waals surface area contributed by atoms with Gasteiger partial charge in [-0.3, -0.25) is 4.98 Å². The van der Waals surface area contributed by atoms with Gasteiger partial charge in [0.2, 0.25) is 0 Å². The van der Waals surface area contributed by atoms with Crippen LogP contribution in [0.3, 0.4) is 0 Å². The van der Waals surface area contributed by atoms with E-state index in [0.717, 1.165) is 22.5 Å². The lowest BCUT2D eigenvalue weighted by Crippen LogP contribution is -1.92. The van der Waals surface area contributed by atoms with Crippen LogP contribution in [0.2, 0.25) is 5.02 Å². The number of hydrogen-bond donors (Lipinski definition) is 0. The van der Waals surface area contributed by atoms with E-state index in [1.165, 1.54) is 12.1 Å². The highest BCUT2D eigenvalue weighted by Gasteiger charge is 2.08. The maximum Gasteiger partial charge on any atom is 0.123 e. The zero-order valence-electron chi connectivity index (χ0n) is 9.09. The summed E-state index contributed by atoms with van der Waals surface area (Å²) in [5, 5.41) is 0.687. The van der Waals surface area contributed by atoms with Crippen molar-refractivity contribution in [1.82, 2.24) is 4.98 Å². The molecule has 16 heavy (non-hydrogen) atoms. The third kappa shape index (κ3) is 2.07. The third-order valence-electron chi connectivity index (χ3n) is 2.45. The molecule has 0 bridgehead atoms. The van der Waals surface area contributed by atoms with Crippen LogP contribution in [0.1, 0.15) is 11.3 Å². The average Bonchev–Trinajstić information content (AvgIpc) is 2.25.